The second-order valence-corrected chi connectivity index (χ2v) is 5.53. The Morgan fingerprint density at radius 3 is 3.05 bits per heavy atom. The normalized spacial score (nSPS) is 18.9. The molecule has 1 aliphatic rings. The lowest BCUT2D eigenvalue weighted by atomic mass is 9.97. The van der Waals surface area contributed by atoms with Crippen LogP contribution >= 0.6 is 0 Å². The highest BCUT2D eigenvalue weighted by Crippen LogP contribution is 2.16. The lowest BCUT2D eigenvalue weighted by molar-refractivity contribution is -0.127. The van der Waals surface area contributed by atoms with Gasteiger partial charge < -0.3 is 15.6 Å². The number of carbonyl (C=O) groups excluding carboxylic acids is 2. The van der Waals surface area contributed by atoms with Gasteiger partial charge in [0.25, 0.3) is 0 Å². The van der Waals surface area contributed by atoms with E-state index in [1.807, 2.05) is 4.90 Å². The average Bonchev–Trinajstić information content (AvgIpc) is 2.90. The quantitative estimate of drug-likeness (QED) is 0.665. The third-order valence-electron chi connectivity index (χ3n) is 3.58. The Balaban J connectivity index is 1.79. The van der Waals surface area contributed by atoms with E-state index in [1.54, 1.807) is 13.0 Å². The summed E-state index contributed by atoms with van der Waals surface area (Å²) in [7, 11) is 0. The topological polar surface area (TPSA) is 113 Å². The number of aryl methyl sites for hydroxylation is 1. The van der Waals surface area contributed by atoms with Crippen LogP contribution in [0.2, 0.25) is 0 Å². The molecule has 1 aromatic heterocycles. The summed E-state index contributed by atoms with van der Waals surface area (Å²) in [6.45, 7) is 4.33. The SMILES string of the molecule is Cc1cc(NC(=O)CN2CCCC(C(=O)NCCN)C2)on1. The van der Waals surface area contributed by atoms with E-state index in [4.69, 9.17) is 10.3 Å². The zero-order valence-electron chi connectivity index (χ0n) is 12.8. The fraction of sp³-hybridized carbons (Fsp3) is 0.643. The van der Waals surface area contributed by atoms with E-state index >= 15 is 0 Å². The van der Waals surface area contributed by atoms with Crippen LogP contribution in [0, 0.1) is 12.8 Å². The molecule has 0 radical (unpaired) electrons. The molecule has 1 aliphatic heterocycles. The number of aromatic nitrogens is 1. The van der Waals surface area contributed by atoms with Crippen LogP contribution in [0.5, 0.6) is 0 Å². The van der Waals surface area contributed by atoms with Crippen molar-refractivity contribution < 1.29 is 14.1 Å². The number of likely N-dealkylation sites (tertiary alicyclic amines) is 1. The molecule has 4 N–H and O–H groups in total. The molecule has 0 bridgehead atoms. The second-order valence-electron chi connectivity index (χ2n) is 5.53. The smallest absolute Gasteiger partial charge is 0.240 e. The Labute approximate surface area is 129 Å². The zero-order chi connectivity index (χ0) is 15.9. The number of anilines is 1. The van der Waals surface area contributed by atoms with Gasteiger partial charge in [-0.25, -0.2) is 0 Å². The molecule has 0 spiro atoms. The molecular formula is C14H23N5O3. The van der Waals surface area contributed by atoms with Gasteiger partial charge in [0.2, 0.25) is 17.7 Å². The first-order chi connectivity index (χ1) is 10.6. The molecule has 2 heterocycles. The van der Waals surface area contributed by atoms with E-state index in [9.17, 15) is 9.59 Å². The van der Waals surface area contributed by atoms with Crippen LogP contribution in [0.15, 0.2) is 10.6 Å². The van der Waals surface area contributed by atoms with Crippen molar-refractivity contribution in [1.82, 2.24) is 15.4 Å². The van der Waals surface area contributed by atoms with Gasteiger partial charge in [0.1, 0.15) is 0 Å². The van der Waals surface area contributed by atoms with Gasteiger partial charge in [0.15, 0.2) is 0 Å². The van der Waals surface area contributed by atoms with Gasteiger partial charge in [-0.1, -0.05) is 5.16 Å². The van der Waals surface area contributed by atoms with Gasteiger partial charge in [-0.2, -0.15) is 0 Å². The minimum absolute atomic E-state index is 0.0152. The number of nitrogens with one attached hydrogen (secondary N) is 2. The van der Waals surface area contributed by atoms with Gasteiger partial charge in [0.05, 0.1) is 18.2 Å². The summed E-state index contributed by atoms with van der Waals surface area (Å²) in [5.41, 5.74) is 6.10. The Morgan fingerprint density at radius 1 is 1.55 bits per heavy atom. The lowest BCUT2D eigenvalue weighted by Gasteiger charge is -2.31. The van der Waals surface area contributed by atoms with E-state index in [1.165, 1.54) is 0 Å². The summed E-state index contributed by atoms with van der Waals surface area (Å²) >= 11 is 0. The molecule has 0 saturated carbocycles. The van der Waals surface area contributed by atoms with Crippen molar-refractivity contribution in [1.29, 1.82) is 0 Å². The molecule has 22 heavy (non-hydrogen) atoms. The van der Waals surface area contributed by atoms with Crippen molar-refractivity contribution in [2.75, 3.05) is 38.0 Å². The Hall–Kier alpha value is -1.93. The highest BCUT2D eigenvalue weighted by atomic mass is 16.5. The number of hydrogen-bond acceptors (Lipinski definition) is 6. The van der Waals surface area contributed by atoms with Gasteiger partial charge >= 0.3 is 0 Å². The summed E-state index contributed by atoms with van der Waals surface area (Å²) < 4.78 is 4.95. The third-order valence-corrected chi connectivity index (χ3v) is 3.58. The average molecular weight is 309 g/mol. The van der Waals surface area contributed by atoms with Crippen LogP contribution in [0.4, 0.5) is 5.88 Å². The predicted molar refractivity (Wildman–Crippen MR) is 81.1 cm³/mol. The van der Waals surface area contributed by atoms with Crippen LogP contribution in [0.25, 0.3) is 0 Å². The largest absolute Gasteiger partial charge is 0.355 e. The van der Waals surface area contributed by atoms with Crippen LogP contribution in [0.1, 0.15) is 18.5 Å². The maximum absolute atomic E-state index is 12.0. The molecule has 8 heteroatoms. The second kappa shape index (κ2) is 7.90. The van der Waals surface area contributed by atoms with Crippen molar-refractivity contribution in [2.45, 2.75) is 19.8 Å². The fourth-order valence-electron chi connectivity index (χ4n) is 2.56. The minimum atomic E-state index is -0.167. The van der Waals surface area contributed by atoms with Crippen molar-refractivity contribution in [2.24, 2.45) is 11.7 Å². The highest BCUT2D eigenvalue weighted by molar-refractivity contribution is 5.91. The molecule has 1 unspecified atom stereocenters. The number of amides is 2. The summed E-state index contributed by atoms with van der Waals surface area (Å²) in [4.78, 5) is 25.9. The van der Waals surface area contributed by atoms with Crippen LogP contribution in [-0.2, 0) is 9.59 Å². The molecule has 0 aliphatic carbocycles. The number of rotatable bonds is 6. The van der Waals surface area contributed by atoms with Crippen molar-refractivity contribution >= 4 is 17.7 Å². The molecule has 2 rings (SSSR count). The van der Waals surface area contributed by atoms with E-state index in [2.05, 4.69) is 15.8 Å². The summed E-state index contributed by atoms with van der Waals surface area (Å²) in [6, 6.07) is 1.66. The summed E-state index contributed by atoms with van der Waals surface area (Å²) in [6.07, 6.45) is 1.74. The standard InChI is InChI=1S/C14H23N5O3/c1-10-7-13(22-18-10)17-12(20)9-19-6-2-3-11(8-19)14(21)16-5-4-15/h7,11H,2-6,8-9,15H2,1H3,(H,16,21)(H,17,20). The summed E-state index contributed by atoms with van der Waals surface area (Å²) in [5, 5.41) is 9.18. The van der Waals surface area contributed by atoms with E-state index < -0.39 is 0 Å². The van der Waals surface area contributed by atoms with Crippen LogP contribution < -0.4 is 16.4 Å². The molecule has 2 amide bonds. The number of hydrogen-bond donors (Lipinski definition) is 3. The Morgan fingerprint density at radius 2 is 2.36 bits per heavy atom. The number of piperidine rings is 1. The molecule has 122 valence electrons. The van der Waals surface area contributed by atoms with Crippen molar-refractivity contribution in [3.05, 3.63) is 11.8 Å². The molecule has 1 saturated heterocycles. The third kappa shape index (κ3) is 4.81. The Kier molecular flexibility index (Phi) is 5.91. The molecule has 1 atom stereocenters. The van der Waals surface area contributed by atoms with Gasteiger partial charge in [0, 0.05) is 25.7 Å². The van der Waals surface area contributed by atoms with Gasteiger partial charge in [-0.05, 0) is 26.3 Å². The van der Waals surface area contributed by atoms with Crippen molar-refractivity contribution in [3.8, 4) is 0 Å². The maximum Gasteiger partial charge on any atom is 0.240 e. The first-order valence-electron chi connectivity index (χ1n) is 7.52. The molecule has 0 aromatic carbocycles. The number of nitrogens with zero attached hydrogens (tertiary/aromatic N) is 2. The van der Waals surface area contributed by atoms with Crippen molar-refractivity contribution in [3.63, 3.8) is 0 Å². The maximum atomic E-state index is 12.0. The van der Waals surface area contributed by atoms with Gasteiger partial charge in [-0.3, -0.25) is 19.8 Å². The number of nitrogens with two attached hydrogens (primary N) is 1. The summed E-state index contributed by atoms with van der Waals surface area (Å²) in [5.74, 6) is 0.109. The van der Waals surface area contributed by atoms with Gasteiger partial charge in [-0.15, -0.1) is 0 Å². The lowest BCUT2D eigenvalue weighted by Crippen LogP contribution is -2.46. The van der Waals surface area contributed by atoms with Crippen LogP contribution in [-0.4, -0.2) is 54.6 Å². The zero-order valence-corrected chi connectivity index (χ0v) is 12.8. The first kappa shape index (κ1) is 16.4. The minimum Gasteiger partial charge on any atom is -0.355 e. The fourth-order valence-corrected chi connectivity index (χ4v) is 2.56. The molecular weight excluding hydrogens is 286 g/mol. The van der Waals surface area contributed by atoms with E-state index in [0.29, 0.717) is 31.2 Å². The Bertz CT molecular complexity index is 516. The molecule has 1 aromatic rings. The van der Waals surface area contributed by atoms with E-state index in [-0.39, 0.29) is 24.3 Å². The molecule has 8 nitrogen and oxygen atoms in total. The monoisotopic (exact) mass is 309 g/mol. The highest BCUT2D eigenvalue weighted by Gasteiger charge is 2.26. The first-order valence-corrected chi connectivity index (χ1v) is 7.52. The van der Waals surface area contributed by atoms with Crippen LogP contribution in [0.3, 0.4) is 0 Å². The molecule has 1 fully saturated rings. The predicted octanol–water partition coefficient (Wildman–Crippen LogP) is -0.292. The number of carbonyl (C=O) groups is 2. The van der Waals surface area contributed by atoms with E-state index in [0.717, 1.165) is 19.4 Å².